The zero-order valence-electron chi connectivity index (χ0n) is 9.50. The molecular formula is C11H13BrClNO2S. The van der Waals surface area contributed by atoms with E-state index < -0.39 is 10.0 Å². The third-order valence-corrected chi connectivity index (χ3v) is 5.70. The lowest BCUT2D eigenvalue weighted by Crippen LogP contribution is -2.28. The van der Waals surface area contributed by atoms with Crippen LogP contribution in [0.2, 0.25) is 5.02 Å². The topological polar surface area (TPSA) is 46.2 Å². The second kappa shape index (κ2) is 4.23. The highest BCUT2D eigenvalue weighted by molar-refractivity contribution is 9.10. The highest BCUT2D eigenvalue weighted by atomic mass is 79.9. The number of sulfonamides is 1. The van der Waals surface area contributed by atoms with E-state index in [1.54, 1.807) is 6.07 Å². The monoisotopic (exact) mass is 337 g/mol. The molecule has 1 N–H and O–H groups in total. The van der Waals surface area contributed by atoms with Crippen LogP contribution in [0.1, 0.15) is 20.3 Å². The fourth-order valence-corrected chi connectivity index (χ4v) is 3.65. The van der Waals surface area contributed by atoms with Crippen LogP contribution in [0.15, 0.2) is 27.6 Å². The van der Waals surface area contributed by atoms with Gasteiger partial charge in [-0.25, -0.2) is 13.1 Å². The van der Waals surface area contributed by atoms with E-state index in [0.717, 1.165) is 6.42 Å². The molecule has 6 heteroatoms. The molecule has 0 saturated heterocycles. The Morgan fingerprint density at radius 3 is 2.53 bits per heavy atom. The molecule has 0 bridgehead atoms. The highest BCUT2D eigenvalue weighted by Gasteiger charge is 2.47. The summed E-state index contributed by atoms with van der Waals surface area (Å²) in [5.74, 6) is 0. The van der Waals surface area contributed by atoms with Crippen LogP contribution in [-0.4, -0.2) is 14.5 Å². The smallest absolute Gasteiger partial charge is 0.208 e. The third kappa shape index (κ3) is 2.84. The lowest BCUT2D eigenvalue weighted by molar-refractivity contribution is 0.555. The molecule has 94 valence electrons. The Morgan fingerprint density at radius 1 is 1.47 bits per heavy atom. The van der Waals surface area contributed by atoms with E-state index >= 15 is 0 Å². The Bertz CT molecular complexity index is 557. The summed E-state index contributed by atoms with van der Waals surface area (Å²) in [6.45, 7) is 4.08. The molecule has 2 rings (SSSR count). The van der Waals surface area contributed by atoms with E-state index in [4.69, 9.17) is 11.6 Å². The first-order valence-corrected chi connectivity index (χ1v) is 7.85. The van der Waals surface area contributed by atoms with Crippen LogP contribution >= 0.6 is 27.5 Å². The van der Waals surface area contributed by atoms with Crippen molar-refractivity contribution in [3.05, 3.63) is 27.7 Å². The molecule has 1 aromatic carbocycles. The molecule has 1 aromatic rings. The predicted octanol–water partition coefficient (Wildman–Crippen LogP) is 3.18. The van der Waals surface area contributed by atoms with Crippen molar-refractivity contribution in [2.45, 2.75) is 31.2 Å². The van der Waals surface area contributed by atoms with E-state index in [2.05, 4.69) is 20.7 Å². The van der Waals surface area contributed by atoms with Crippen molar-refractivity contribution in [2.24, 2.45) is 5.41 Å². The molecule has 1 fully saturated rings. The molecule has 0 spiro atoms. The zero-order valence-corrected chi connectivity index (χ0v) is 12.7. The Morgan fingerprint density at radius 2 is 2.06 bits per heavy atom. The van der Waals surface area contributed by atoms with Crippen molar-refractivity contribution in [2.75, 3.05) is 0 Å². The maximum absolute atomic E-state index is 12.1. The van der Waals surface area contributed by atoms with Crippen LogP contribution < -0.4 is 4.72 Å². The van der Waals surface area contributed by atoms with Crippen molar-refractivity contribution in [3.63, 3.8) is 0 Å². The average Bonchev–Trinajstić information content (AvgIpc) is 2.77. The first kappa shape index (κ1) is 13.3. The van der Waals surface area contributed by atoms with Crippen molar-refractivity contribution >= 4 is 37.6 Å². The van der Waals surface area contributed by atoms with E-state index in [9.17, 15) is 8.42 Å². The van der Waals surface area contributed by atoms with Gasteiger partial charge < -0.3 is 0 Å². The molecular weight excluding hydrogens is 326 g/mol. The van der Waals surface area contributed by atoms with Crippen LogP contribution in [0.3, 0.4) is 0 Å². The Hall–Kier alpha value is -0.100. The molecule has 0 heterocycles. The first-order chi connectivity index (χ1) is 7.72. The summed E-state index contributed by atoms with van der Waals surface area (Å²) in [5.41, 5.74) is 0.0662. The van der Waals surface area contributed by atoms with E-state index in [-0.39, 0.29) is 16.4 Å². The van der Waals surface area contributed by atoms with Crippen LogP contribution in [0, 0.1) is 5.41 Å². The summed E-state index contributed by atoms with van der Waals surface area (Å²) < 4.78 is 27.4. The van der Waals surface area contributed by atoms with Gasteiger partial charge in [0, 0.05) is 10.5 Å². The summed E-state index contributed by atoms with van der Waals surface area (Å²) in [6, 6.07) is 4.62. The predicted molar refractivity (Wildman–Crippen MR) is 71.7 cm³/mol. The van der Waals surface area contributed by atoms with Crippen molar-refractivity contribution < 1.29 is 8.42 Å². The first-order valence-electron chi connectivity index (χ1n) is 5.20. The van der Waals surface area contributed by atoms with Gasteiger partial charge in [-0.05, 0) is 46.0 Å². The fraction of sp³-hybridized carbons (Fsp3) is 0.455. The number of benzene rings is 1. The molecule has 1 aliphatic carbocycles. The average molecular weight is 339 g/mol. The van der Waals surface area contributed by atoms with Gasteiger partial charge in [0.25, 0.3) is 0 Å². The standard InChI is InChI=1S/C11H13BrClNO2S/c1-11(2)6-10(11)14-17(15,16)7-3-4-9(13)8(12)5-7/h3-5,10,14H,6H2,1-2H3. The molecule has 0 aromatic heterocycles. The van der Waals surface area contributed by atoms with Crippen molar-refractivity contribution in [1.29, 1.82) is 0 Å². The lowest BCUT2D eigenvalue weighted by Gasteiger charge is -2.08. The Balaban J connectivity index is 2.23. The van der Waals surface area contributed by atoms with Gasteiger partial charge in [-0.1, -0.05) is 25.4 Å². The van der Waals surface area contributed by atoms with E-state index in [1.165, 1.54) is 12.1 Å². The minimum absolute atomic E-state index is 0.0296. The normalized spacial score (nSPS) is 22.5. The van der Waals surface area contributed by atoms with Gasteiger partial charge in [0.15, 0.2) is 0 Å². The molecule has 0 amide bonds. The number of rotatable bonds is 3. The van der Waals surface area contributed by atoms with Gasteiger partial charge >= 0.3 is 0 Å². The third-order valence-electron chi connectivity index (χ3n) is 3.01. The summed E-state index contributed by atoms with van der Waals surface area (Å²) in [4.78, 5) is 0.233. The highest BCUT2D eigenvalue weighted by Crippen LogP contribution is 2.45. The zero-order chi connectivity index (χ0) is 12.8. The minimum Gasteiger partial charge on any atom is -0.208 e. The molecule has 1 unspecified atom stereocenters. The summed E-state index contributed by atoms with van der Waals surface area (Å²) in [5, 5.41) is 0.496. The molecule has 1 saturated carbocycles. The number of hydrogen-bond acceptors (Lipinski definition) is 2. The molecule has 1 aliphatic rings. The summed E-state index contributed by atoms with van der Waals surface area (Å²) >= 11 is 9.05. The number of halogens is 2. The number of hydrogen-bond donors (Lipinski definition) is 1. The quantitative estimate of drug-likeness (QED) is 0.920. The molecule has 17 heavy (non-hydrogen) atoms. The Labute approximate surface area is 115 Å². The SMILES string of the molecule is CC1(C)CC1NS(=O)(=O)c1ccc(Cl)c(Br)c1. The van der Waals surface area contributed by atoms with Gasteiger partial charge in [-0.15, -0.1) is 0 Å². The second-order valence-corrected chi connectivity index (χ2v) is 7.92. The van der Waals surface area contributed by atoms with Gasteiger partial charge in [-0.2, -0.15) is 0 Å². The number of nitrogens with one attached hydrogen (secondary N) is 1. The van der Waals surface area contributed by atoms with E-state index in [1.807, 2.05) is 13.8 Å². The molecule has 1 atom stereocenters. The Kier molecular flexibility index (Phi) is 3.32. The van der Waals surface area contributed by atoms with Crippen molar-refractivity contribution in [1.82, 2.24) is 4.72 Å². The van der Waals surface area contributed by atoms with Gasteiger partial charge in [0.1, 0.15) is 0 Å². The maximum atomic E-state index is 12.1. The lowest BCUT2D eigenvalue weighted by atomic mass is 10.2. The van der Waals surface area contributed by atoms with Crippen LogP contribution in [0.4, 0.5) is 0 Å². The molecule has 3 nitrogen and oxygen atoms in total. The van der Waals surface area contributed by atoms with Gasteiger partial charge in [0.05, 0.1) is 9.92 Å². The molecule has 0 aliphatic heterocycles. The second-order valence-electron chi connectivity index (χ2n) is 4.94. The fourth-order valence-electron chi connectivity index (χ4n) is 1.57. The summed E-state index contributed by atoms with van der Waals surface area (Å²) in [7, 11) is -3.45. The van der Waals surface area contributed by atoms with Crippen LogP contribution in [-0.2, 0) is 10.0 Å². The van der Waals surface area contributed by atoms with Crippen molar-refractivity contribution in [3.8, 4) is 0 Å². The van der Waals surface area contributed by atoms with Gasteiger partial charge in [-0.3, -0.25) is 0 Å². The minimum atomic E-state index is -3.45. The molecule has 0 radical (unpaired) electrons. The maximum Gasteiger partial charge on any atom is 0.240 e. The van der Waals surface area contributed by atoms with Gasteiger partial charge in [0.2, 0.25) is 10.0 Å². The summed E-state index contributed by atoms with van der Waals surface area (Å²) in [6.07, 6.45) is 0.876. The van der Waals surface area contributed by atoms with E-state index in [0.29, 0.717) is 9.50 Å². The van der Waals surface area contributed by atoms with Crippen LogP contribution in [0.5, 0.6) is 0 Å². The largest absolute Gasteiger partial charge is 0.240 e. The van der Waals surface area contributed by atoms with Crippen LogP contribution in [0.25, 0.3) is 0 Å².